The Bertz CT molecular complexity index is 636. The number of carbonyl (C=O) groups excluding carboxylic acids is 1. The summed E-state index contributed by atoms with van der Waals surface area (Å²) in [5.41, 5.74) is 1.55. The first-order valence-corrected chi connectivity index (χ1v) is 10.5. The second-order valence-electron chi connectivity index (χ2n) is 8.43. The fourth-order valence-corrected chi connectivity index (χ4v) is 4.98. The zero-order chi connectivity index (χ0) is 18.0. The summed E-state index contributed by atoms with van der Waals surface area (Å²) in [5, 5.41) is 7.52. The summed E-state index contributed by atoms with van der Waals surface area (Å²) in [6.45, 7) is 6.11. The van der Waals surface area contributed by atoms with Crippen molar-refractivity contribution in [2.24, 2.45) is 17.3 Å². The van der Waals surface area contributed by atoms with Crippen LogP contribution in [0.15, 0.2) is 24.3 Å². The van der Waals surface area contributed by atoms with Crippen LogP contribution in [-0.4, -0.2) is 43.5 Å². The lowest BCUT2D eigenvalue weighted by molar-refractivity contribution is -0.123. The van der Waals surface area contributed by atoms with Gasteiger partial charge in [0.05, 0.1) is 0 Å². The van der Waals surface area contributed by atoms with Crippen LogP contribution in [0.25, 0.3) is 0 Å². The van der Waals surface area contributed by atoms with Gasteiger partial charge in [0.1, 0.15) is 0 Å². The molecule has 3 aliphatic rings. The van der Waals surface area contributed by atoms with Crippen molar-refractivity contribution in [3.8, 4) is 0 Å². The van der Waals surface area contributed by atoms with Crippen molar-refractivity contribution in [3.63, 3.8) is 0 Å². The molecule has 1 aromatic rings. The molecule has 0 bridgehead atoms. The van der Waals surface area contributed by atoms with Crippen LogP contribution in [-0.2, 0) is 11.3 Å². The van der Waals surface area contributed by atoms with Crippen molar-refractivity contribution in [2.75, 3.05) is 32.7 Å². The SMILES string of the molecule is O=C(NCC1CCN(Cc2ccccc2Cl)CC1)C1CC12CCNCC2. The molecule has 0 radical (unpaired) electrons. The highest BCUT2D eigenvalue weighted by Gasteiger charge is 2.57. The summed E-state index contributed by atoms with van der Waals surface area (Å²) in [6.07, 6.45) is 5.77. The van der Waals surface area contributed by atoms with E-state index in [2.05, 4.69) is 27.7 Å². The molecule has 5 heteroatoms. The van der Waals surface area contributed by atoms with Crippen LogP contribution < -0.4 is 10.6 Å². The average molecular weight is 376 g/mol. The average Bonchev–Trinajstić information content (AvgIpc) is 3.36. The van der Waals surface area contributed by atoms with Crippen LogP contribution in [0.3, 0.4) is 0 Å². The van der Waals surface area contributed by atoms with Gasteiger partial charge in [0, 0.05) is 24.0 Å². The molecule has 0 aromatic heterocycles. The van der Waals surface area contributed by atoms with Crippen LogP contribution in [0.5, 0.6) is 0 Å². The highest BCUT2D eigenvalue weighted by Crippen LogP contribution is 2.58. The standard InChI is InChI=1S/C21H30ClN3O/c22-19-4-2-1-3-17(19)15-25-11-5-16(6-12-25)14-24-20(26)18-13-21(18)7-9-23-10-8-21/h1-4,16,18,23H,5-15H2,(H,24,26). The van der Waals surface area contributed by atoms with E-state index in [0.29, 0.717) is 17.2 Å². The molecular weight excluding hydrogens is 346 g/mol. The molecule has 1 spiro atoms. The quantitative estimate of drug-likeness (QED) is 0.831. The molecule has 1 aliphatic carbocycles. The van der Waals surface area contributed by atoms with Gasteiger partial charge in [-0.25, -0.2) is 0 Å². The predicted octanol–water partition coefficient (Wildman–Crippen LogP) is 3.06. The maximum absolute atomic E-state index is 12.5. The van der Waals surface area contributed by atoms with E-state index >= 15 is 0 Å². The van der Waals surface area contributed by atoms with E-state index in [-0.39, 0.29) is 5.92 Å². The molecule has 142 valence electrons. The van der Waals surface area contributed by atoms with E-state index in [0.717, 1.165) is 63.6 Å². The first-order chi connectivity index (χ1) is 12.7. The molecule has 26 heavy (non-hydrogen) atoms. The van der Waals surface area contributed by atoms with E-state index in [9.17, 15) is 4.79 Å². The summed E-state index contributed by atoms with van der Waals surface area (Å²) < 4.78 is 0. The summed E-state index contributed by atoms with van der Waals surface area (Å²) in [5.74, 6) is 1.21. The van der Waals surface area contributed by atoms with Crippen LogP contribution in [0.1, 0.15) is 37.7 Å². The number of likely N-dealkylation sites (tertiary alicyclic amines) is 1. The second kappa shape index (κ2) is 7.87. The molecule has 2 aliphatic heterocycles. The Balaban J connectivity index is 1.18. The maximum atomic E-state index is 12.5. The number of carbonyl (C=O) groups is 1. The van der Waals surface area contributed by atoms with E-state index in [4.69, 9.17) is 11.6 Å². The highest BCUT2D eigenvalue weighted by atomic mass is 35.5. The smallest absolute Gasteiger partial charge is 0.223 e. The van der Waals surface area contributed by atoms with Gasteiger partial charge < -0.3 is 10.6 Å². The van der Waals surface area contributed by atoms with Gasteiger partial charge in [0.25, 0.3) is 0 Å². The zero-order valence-electron chi connectivity index (χ0n) is 15.5. The number of amides is 1. The van der Waals surface area contributed by atoms with E-state index in [1.54, 1.807) is 0 Å². The Morgan fingerprint density at radius 2 is 1.96 bits per heavy atom. The monoisotopic (exact) mass is 375 g/mol. The Hall–Kier alpha value is -1.10. The minimum Gasteiger partial charge on any atom is -0.356 e. The van der Waals surface area contributed by atoms with Gasteiger partial charge in [-0.2, -0.15) is 0 Å². The molecule has 2 N–H and O–H groups in total. The summed E-state index contributed by atoms with van der Waals surface area (Å²) >= 11 is 6.28. The summed E-state index contributed by atoms with van der Waals surface area (Å²) in [4.78, 5) is 15.0. The van der Waals surface area contributed by atoms with Gasteiger partial charge in [0.15, 0.2) is 0 Å². The van der Waals surface area contributed by atoms with Crippen molar-refractivity contribution < 1.29 is 4.79 Å². The van der Waals surface area contributed by atoms with Gasteiger partial charge in [0.2, 0.25) is 5.91 Å². The summed E-state index contributed by atoms with van der Waals surface area (Å²) in [7, 11) is 0. The first-order valence-electron chi connectivity index (χ1n) is 10.1. The lowest BCUT2D eigenvalue weighted by atomic mass is 9.91. The first kappa shape index (κ1) is 18.3. The zero-order valence-corrected chi connectivity index (χ0v) is 16.2. The van der Waals surface area contributed by atoms with Crippen LogP contribution in [0.2, 0.25) is 5.02 Å². The van der Waals surface area contributed by atoms with E-state index in [1.165, 1.54) is 18.4 Å². The number of halogens is 1. The van der Waals surface area contributed by atoms with Crippen LogP contribution >= 0.6 is 11.6 Å². The highest BCUT2D eigenvalue weighted by molar-refractivity contribution is 6.31. The van der Waals surface area contributed by atoms with Gasteiger partial charge in [-0.3, -0.25) is 9.69 Å². The minimum absolute atomic E-state index is 0.282. The van der Waals surface area contributed by atoms with E-state index < -0.39 is 0 Å². The Morgan fingerprint density at radius 3 is 2.69 bits per heavy atom. The molecule has 1 aromatic carbocycles. The minimum atomic E-state index is 0.282. The number of piperidine rings is 2. The molecule has 1 amide bonds. The number of hydrogen-bond acceptors (Lipinski definition) is 3. The topological polar surface area (TPSA) is 44.4 Å². The van der Waals surface area contributed by atoms with Crippen LogP contribution in [0.4, 0.5) is 0 Å². The second-order valence-corrected chi connectivity index (χ2v) is 8.83. The third kappa shape index (κ3) is 4.08. The number of nitrogens with one attached hydrogen (secondary N) is 2. The van der Waals surface area contributed by atoms with Crippen molar-refractivity contribution in [1.29, 1.82) is 0 Å². The van der Waals surface area contributed by atoms with Crippen molar-refractivity contribution in [2.45, 2.75) is 38.6 Å². The van der Waals surface area contributed by atoms with Crippen molar-refractivity contribution in [3.05, 3.63) is 34.9 Å². The summed E-state index contributed by atoms with van der Waals surface area (Å²) in [6, 6.07) is 8.11. The maximum Gasteiger partial charge on any atom is 0.223 e. The molecule has 2 saturated heterocycles. The van der Waals surface area contributed by atoms with Gasteiger partial charge in [-0.15, -0.1) is 0 Å². The fourth-order valence-electron chi connectivity index (χ4n) is 4.78. The van der Waals surface area contributed by atoms with Gasteiger partial charge >= 0.3 is 0 Å². The molecule has 1 atom stereocenters. The third-order valence-corrected chi connectivity index (χ3v) is 7.10. The Morgan fingerprint density at radius 1 is 1.23 bits per heavy atom. The number of rotatable bonds is 5. The number of benzene rings is 1. The molecule has 4 nitrogen and oxygen atoms in total. The van der Waals surface area contributed by atoms with Crippen LogP contribution in [0, 0.1) is 17.3 Å². The predicted molar refractivity (Wildman–Crippen MR) is 105 cm³/mol. The fraction of sp³-hybridized carbons (Fsp3) is 0.667. The van der Waals surface area contributed by atoms with E-state index in [1.807, 2.05) is 12.1 Å². The van der Waals surface area contributed by atoms with Crippen molar-refractivity contribution in [1.82, 2.24) is 15.5 Å². The Kier molecular flexibility index (Phi) is 5.53. The van der Waals surface area contributed by atoms with Gasteiger partial charge in [-0.05, 0) is 81.2 Å². The molecule has 4 rings (SSSR count). The normalized spacial score (nSPS) is 26.0. The molecular formula is C21H30ClN3O. The van der Waals surface area contributed by atoms with Gasteiger partial charge in [-0.1, -0.05) is 29.8 Å². The number of nitrogens with zero attached hydrogens (tertiary/aromatic N) is 1. The lowest BCUT2D eigenvalue weighted by Gasteiger charge is -2.32. The molecule has 1 unspecified atom stereocenters. The Labute approximate surface area is 161 Å². The number of hydrogen-bond donors (Lipinski definition) is 2. The lowest BCUT2D eigenvalue weighted by Crippen LogP contribution is -2.39. The third-order valence-electron chi connectivity index (χ3n) is 6.73. The molecule has 2 heterocycles. The molecule has 3 fully saturated rings. The van der Waals surface area contributed by atoms with Crippen molar-refractivity contribution >= 4 is 17.5 Å². The largest absolute Gasteiger partial charge is 0.356 e. The molecule has 1 saturated carbocycles.